The van der Waals surface area contributed by atoms with Gasteiger partial charge in [-0.15, -0.1) is 0 Å². The maximum atomic E-state index is 13.1. The molecule has 41 heavy (non-hydrogen) atoms. The van der Waals surface area contributed by atoms with Gasteiger partial charge in [0.2, 0.25) is 0 Å². The van der Waals surface area contributed by atoms with Crippen LogP contribution in [0.5, 0.6) is 5.75 Å². The zero-order valence-corrected chi connectivity index (χ0v) is 24.2. The summed E-state index contributed by atoms with van der Waals surface area (Å²) in [6, 6.07) is 21.6. The van der Waals surface area contributed by atoms with Crippen molar-refractivity contribution in [1.29, 1.82) is 0 Å². The molecule has 2 atom stereocenters. The highest BCUT2D eigenvalue weighted by Crippen LogP contribution is 2.40. The molecule has 0 radical (unpaired) electrons. The summed E-state index contributed by atoms with van der Waals surface area (Å²) in [7, 11) is 3.04. The summed E-state index contributed by atoms with van der Waals surface area (Å²) in [5.74, 6) is 0.361. The summed E-state index contributed by atoms with van der Waals surface area (Å²) in [5, 5.41) is 0. The van der Waals surface area contributed by atoms with Gasteiger partial charge in [0, 0.05) is 17.5 Å². The van der Waals surface area contributed by atoms with Crippen LogP contribution in [-0.2, 0) is 16.0 Å². The number of ether oxygens (including phenoxy) is 3. The molecule has 0 bridgehead atoms. The summed E-state index contributed by atoms with van der Waals surface area (Å²) in [6.07, 6.45) is 1.04. The van der Waals surface area contributed by atoms with Crippen molar-refractivity contribution < 1.29 is 23.8 Å². The van der Waals surface area contributed by atoms with Crippen molar-refractivity contribution >= 4 is 12.1 Å². The topological polar surface area (TPSA) is 78.0 Å². The van der Waals surface area contributed by atoms with Crippen molar-refractivity contribution in [3.05, 3.63) is 106 Å². The zero-order chi connectivity index (χ0) is 29.3. The molecule has 7 nitrogen and oxygen atoms in total. The number of esters is 1. The Bertz CT molecular complexity index is 1630. The summed E-state index contributed by atoms with van der Waals surface area (Å²) in [4.78, 5) is 31.2. The number of carbonyl (C=O) groups excluding carboxylic acids is 2. The van der Waals surface area contributed by atoms with Crippen LogP contribution in [0.1, 0.15) is 51.3 Å². The van der Waals surface area contributed by atoms with Gasteiger partial charge in [-0.3, -0.25) is 9.88 Å². The van der Waals surface area contributed by atoms with Gasteiger partial charge in [-0.2, -0.15) is 0 Å². The average Bonchev–Trinajstić information content (AvgIpc) is 3.25. The number of hydrogen-bond acceptors (Lipinski definition) is 6. The molecule has 3 aromatic carbocycles. The first kappa shape index (κ1) is 27.9. The number of aryl methyl sites for hydroxylation is 3. The number of amides is 1. The molecule has 0 unspecified atom stereocenters. The molecule has 2 heterocycles. The summed E-state index contributed by atoms with van der Waals surface area (Å²) >= 11 is 0. The highest BCUT2D eigenvalue weighted by molar-refractivity contribution is 5.91. The van der Waals surface area contributed by atoms with E-state index in [4.69, 9.17) is 14.2 Å². The number of pyridine rings is 1. The average molecular weight is 551 g/mol. The van der Waals surface area contributed by atoms with Gasteiger partial charge >= 0.3 is 12.1 Å². The number of nitrogens with zero attached hydrogens (tertiary/aromatic N) is 2. The van der Waals surface area contributed by atoms with E-state index in [9.17, 15) is 9.59 Å². The van der Waals surface area contributed by atoms with Crippen LogP contribution in [0.25, 0.3) is 22.3 Å². The van der Waals surface area contributed by atoms with E-state index in [1.807, 2.05) is 64.1 Å². The number of carbonyl (C=O) groups is 2. The number of benzene rings is 3. The molecule has 210 valence electrons. The lowest BCUT2D eigenvalue weighted by molar-refractivity contribution is 0.0600. The van der Waals surface area contributed by atoms with Crippen LogP contribution < -0.4 is 4.74 Å². The fraction of sp³-hybridized carbons (Fsp3) is 0.265. The minimum atomic E-state index is -0.369. The fourth-order valence-electron chi connectivity index (χ4n) is 5.52. The molecule has 0 saturated carbocycles. The Kier molecular flexibility index (Phi) is 7.79. The lowest BCUT2D eigenvalue weighted by Gasteiger charge is -2.23. The molecule has 1 aliphatic heterocycles. The van der Waals surface area contributed by atoms with E-state index >= 15 is 0 Å². The van der Waals surface area contributed by atoms with E-state index in [1.54, 1.807) is 24.3 Å². The van der Waals surface area contributed by atoms with Gasteiger partial charge in [0.1, 0.15) is 11.9 Å². The highest BCUT2D eigenvalue weighted by atomic mass is 16.6. The third kappa shape index (κ3) is 5.53. The van der Waals surface area contributed by atoms with Crippen molar-refractivity contribution in [3.63, 3.8) is 0 Å². The molecule has 5 rings (SSSR count). The minimum Gasteiger partial charge on any atom is -0.496 e. The van der Waals surface area contributed by atoms with Crippen LogP contribution in [0.2, 0.25) is 0 Å². The molecule has 0 N–H and O–H groups in total. The number of rotatable bonds is 7. The minimum absolute atomic E-state index is 0.165. The van der Waals surface area contributed by atoms with E-state index in [1.165, 1.54) is 7.11 Å². The van der Waals surface area contributed by atoms with Gasteiger partial charge in [-0.1, -0.05) is 35.9 Å². The second kappa shape index (κ2) is 11.5. The Balaban J connectivity index is 1.52. The van der Waals surface area contributed by atoms with Crippen molar-refractivity contribution in [3.8, 4) is 28.0 Å². The first-order valence-corrected chi connectivity index (χ1v) is 13.6. The van der Waals surface area contributed by atoms with Crippen molar-refractivity contribution in [2.24, 2.45) is 0 Å². The summed E-state index contributed by atoms with van der Waals surface area (Å²) in [6.45, 7) is 8.35. The molecule has 4 aromatic rings. The molecule has 1 amide bonds. The van der Waals surface area contributed by atoms with Crippen LogP contribution in [0.3, 0.4) is 0 Å². The molecular weight excluding hydrogens is 516 g/mol. The van der Waals surface area contributed by atoms with E-state index in [2.05, 4.69) is 29.2 Å². The fourth-order valence-corrected chi connectivity index (χ4v) is 5.52. The third-order valence-corrected chi connectivity index (χ3v) is 7.69. The van der Waals surface area contributed by atoms with E-state index in [0.717, 1.165) is 56.0 Å². The summed E-state index contributed by atoms with van der Waals surface area (Å²) < 4.78 is 16.5. The Morgan fingerprint density at radius 1 is 0.927 bits per heavy atom. The lowest BCUT2D eigenvalue weighted by Crippen LogP contribution is -2.31. The quantitative estimate of drug-likeness (QED) is 0.226. The van der Waals surface area contributed by atoms with Crippen LogP contribution in [0.15, 0.2) is 72.9 Å². The largest absolute Gasteiger partial charge is 0.496 e. The Labute approximate surface area is 240 Å². The predicted octanol–water partition coefficient (Wildman–Crippen LogP) is 7.22. The van der Waals surface area contributed by atoms with Gasteiger partial charge in [-0.25, -0.2) is 9.59 Å². The Morgan fingerprint density at radius 2 is 1.71 bits per heavy atom. The molecule has 1 saturated heterocycles. The van der Waals surface area contributed by atoms with Gasteiger partial charge in [0.15, 0.2) is 0 Å². The monoisotopic (exact) mass is 550 g/mol. The molecule has 0 aliphatic carbocycles. The highest BCUT2D eigenvalue weighted by Gasteiger charge is 2.40. The molecule has 1 aliphatic rings. The molecule has 1 aromatic heterocycles. The van der Waals surface area contributed by atoms with E-state index in [0.29, 0.717) is 12.1 Å². The zero-order valence-electron chi connectivity index (χ0n) is 24.2. The van der Waals surface area contributed by atoms with Crippen molar-refractivity contribution in [2.45, 2.75) is 46.4 Å². The Morgan fingerprint density at radius 3 is 2.41 bits per heavy atom. The first-order chi connectivity index (χ1) is 19.7. The molecule has 7 heteroatoms. The molecule has 0 spiro atoms. The second-order valence-corrected chi connectivity index (χ2v) is 10.5. The van der Waals surface area contributed by atoms with Crippen LogP contribution in [0, 0.1) is 20.8 Å². The van der Waals surface area contributed by atoms with Gasteiger partial charge < -0.3 is 14.2 Å². The van der Waals surface area contributed by atoms with Crippen molar-refractivity contribution in [2.75, 3.05) is 14.2 Å². The second-order valence-electron chi connectivity index (χ2n) is 10.5. The number of hydrogen-bond donors (Lipinski definition) is 0. The van der Waals surface area contributed by atoms with Crippen LogP contribution >= 0.6 is 0 Å². The standard InChI is InChI=1S/C34H34N2O5/c1-20-7-10-29(27(15-20)19-36-23(4)32(41-34(36)38)25-13-14-35-22(3)17-25)30-18-24(9-12-31(30)39-5)28-11-8-26(16-21(28)2)33(37)40-6/h7-18,23,32H,19H2,1-6H3/t23-,32-/m0/s1. The number of cyclic esters (lactones) is 1. The number of aromatic nitrogens is 1. The van der Waals surface area contributed by atoms with Gasteiger partial charge in [0.05, 0.1) is 32.4 Å². The number of methoxy groups -OCH3 is 2. The first-order valence-electron chi connectivity index (χ1n) is 13.6. The molecule has 1 fully saturated rings. The normalized spacial score (nSPS) is 16.4. The predicted molar refractivity (Wildman–Crippen MR) is 158 cm³/mol. The smallest absolute Gasteiger partial charge is 0.411 e. The van der Waals surface area contributed by atoms with Crippen LogP contribution in [-0.4, -0.2) is 42.2 Å². The van der Waals surface area contributed by atoms with E-state index < -0.39 is 0 Å². The van der Waals surface area contributed by atoms with E-state index in [-0.39, 0.29) is 24.2 Å². The Hall–Kier alpha value is -4.65. The maximum Gasteiger partial charge on any atom is 0.411 e. The maximum absolute atomic E-state index is 13.1. The van der Waals surface area contributed by atoms with Gasteiger partial charge in [0.25, 0.3) is 0 Å². The van der Waals surface area contributed by atoms with Crippen molar-refractivity contribution in [1.82, 2.24) is 9.88 Å². The van der Waals surface area contributed by atoms with Gasteiger partial charge in [-0.05, 0) is 97.5 Å². The SMILES string of the molecule is COC(=O)c1ccc(-c2ccc(OC)c(-c3ccc(C)cc3CN3C(=O)O[C@H](c4ccnc(C)c4)[C@@H]3C)c2)c(C)c1. The third-order valence-electron chi connectivity index (χ3n) is 7.69. The lowest BCUT2D eigenvalue weighted by atomic mass is 9.92. The van der Waals surface area contributed by atoms with Crippen LogP contribution in [0.4, 0.5) is 4.79 Å². The molecular formula is C34H34N2O5. The summed E-state index contributed by atoms with van der Waals surface area (Å²) in [5.41, 5.74) is 9.25.